The van der Waals surface area contributed by atoms with E-state index in [9.17, 15) is 9.18 Å². The third-order valence-electron chi connectivity index (χ3n) is 3.53. The topological polar surface area (TPSA) is 50.4 Å². The molecule has 110 valence electrons. The van der Waals surface area contributed by atoms with Crippen LogP contribution in [-0.4, -0.2) is 32.3 Å². The first-order valence-corrected chi connectivity index (χ1v) is 7.08. The van der Waals surface area contributed by atoms with Crippen molar-refractivity contribution in [2.45, 2.75) is 19.3 Å². The van der Waals surface area contributed by atoms with Gasteiger partial charge in [0, 0.05) is 26.3 Å². The zero-order valence-corrected chi connectivity index (χ0v) is 11.5. The predicted molar refractivity (Wildman–Crippen MR) is 75.0 cm³/mol. The van der Waals surface area contributed by atoms with Crippen molar-refractivity contribution >= 4 is 6.03 Å². The van der Waals surface area contributed by atoms with Gasteiger partial charge in [-0.2, -0.15) is 0 Å². The summed E-state index contributed by atoms with van der Waals surface area (Å²) in [6.45, 7) is 2.66. The standard InChI is InChI=1S/C15H21FN2O2/c16-14-4-2-1-3-13(14)5-8-17-15(19)18-11-12-6-9-20-10-7-12/h1-4,12H,5-11H2,(H2,17,18,19). The lowest BCUT2D eigenvalue weighted by Crippen LogP contribution is -2.40. The first-order chi connectivity index (χ1) is 9.75. The molecule has 2 amide bonds. The van der Waals surface area contributed by atoms with Crippen molar-refractivity contribution in [3.8, 4) is 0 Å². The summed E-state index contributed by atoms with van der Waals surface area (Å²) in [5.41, 5.74) is 0.622. The van der Waals surface area contributed by atoms with Crippen LogP contribution < -0.4 is 10.6 Å². The number of halogens is 1. The predicted octanol–water partition coefficient (Wildman–Crippen LogP) is 2.09. The molecule has 0 saturated carbocycles. The highest BCUT2D eigenvalue weighted by molar-refractivity contribution is 5.73. The average molecular weight is 280 g/mol. The highest BCUT2D eigenvalue weighted by atomic mass is 19.1. The van der Waals surface area contributed by atoms with Gasteiger partial charge in [0.25, 0.3) is 0 Å². The number of hydrogen-bond acceptors (Lipinski definition) is 2. The fourth-order valence-electron chi connectivity index (χ4n) is 2.26. The molecule has 1 fully saturated rings. The smallest absolute Gasteiger partial charge is 0.314 e. The second-order valence-electron chi connectivity index (χ2n) is 5.03. The first kappa shape index (κ1) is 14.8. The average Bonchev–Trinajstić information content (AvgIpc) is 2.48. The minimum Gasteiger partial charge on any atom is -0.381 e. The molecule has 0 radical (unpaired) electrons. The number of amides is 2. The van der Waals surface area contributed by atoms with Gasteiger partial charge in [0.15, 0.2) is 0 Å². The zero-order valence-electron chi connectivity index (χ0n) is 11.5. The van der Waals surface area contributed by atoms with Crippen LogP contribution in [0.15, 0.2) is 24.3 Å². The lowest BCUT2D eigenvalue weighted by molar-refractivity contribution is 0.0669. The van der Waals surface area contributed by atoms with Crippen molar-refractivity contribution in [2.24, 2.45) is 5.92 Å². The molecule has 0 spiro atoms. The molecule has 0 aliphatic carbocycles. The Balaban J connectivity index is 1.61. The van der Waals surface area contributed by atoms with E-state index in [2.05, 4.69) is 10.6 Å². The highest BCUT2D eigenvalue weighted by Gasteiger charge is 2.14. The van der Waals surface area contributed by atoms with E-state index in [1.807, 2.05) is 0 Å². The zero-order chi connectivity index (χ0) is 14.2. The summed E-state index contributed by atoms with van der Waals surface area (Å²) >= 11 is 0. The van der Waals surface area contributed by atoms with Crippen LogP contribution >= 0.6 is 0 Å². The molecule has 5 heteroatoms. The lowest BCUT2D eigenvalue weighted by atomic mass is 10.0. The SMILES string of the molecule is O=C(NCCc1ccccc1F)NCC1CCOCC1. The molecule has 1 aromatic carbocycles. The first-order valence-electron chi connectivity index (χ1n) is 7.08. The summed E-state index contributed by atoms with van der Waals surface area (Å²) < 4.78 is 18.6. The van der Waals surface area contributed by atoms with Gasteiger partial charge in [-0.15, -0.1) is 0 Å². The molecule has 1 aliphatic rings. The van der Waals surface area contributed by atoms with Gasteiger partial charge >= 0.3 is 6.03 Å². The highest BCUT2D eigenvalue weighted by Crippen LogP contribution is 2.13. The Hall–Kier alpha value is -1.62. The third-order valence-corrected chi connectivity index (χ3v) is 3.53. The van der Waals surface area contributed by atoms with Gasteiger partial charge in [-0.1, -0.05) is 18.2 Å². The molecular formula is C15H21FN2O2. The molecule has 1 aromatic rings. The summed E-state index contributed by atoms with van der Waals surface area (Å²) in [5, 5.41) is 5.60. The van der Waals surface area contributed by atoms with Crippen molar-refractivity contribution in [1.29, 1.82) is 0 Å². The summed E-state index contributed by atoms with van der Waals surface area (Å²) in [6, 6.07) is 6.43. The van der Waals surface area contributed by atoms with E-state index in [1.165, 1.54) is 6.07 Å². The molecular weight excluding hydrogens is 259 g/mol. The fraction of sp³-hybridized carbons (Fsp3) is 0.533. The number of nitrogens with one attached hydrogen (secondary N) is 2. The van der Waals surface area contributed by atoms with Gasteiger partial charge in [-0.25, -0.2) is 9.18 Å². The fourth-order valence-corrected chi connectivity index (χ4v) is 2.26. The Kier molecular flexibility index (Phi) is 5.80. The van der Waals surface area contributed by atoms with Gasteiger partial charge in [0.1, 0.15) is 5.82 Å². The Morgan fingerprint density at radius 3 is 2.75 bits per heavy atom. The van der Waals surface area contributed by atoms with E-state index in [0.29, 0.717) is 31.0 Å². The van der Waals surface area contributed by atoms with E-state index in [4.69, 9.17) is 4.74 Å². The molecule has 1 saturated heterocycles. The van der Waals surface area contributed by atoms with Crippen molar-refractivity contribution in [2.75, 3.05) is 26.3 Å². The lowest BCUT2D eigenvalue weighted by Gasteiger charge is -2.22. The van der Waals surface area contributed by atoms with Crippen LogP contribution in [0.2, 0.25) is 0 Å². The monoisotopic (exact) mass is 280 g/mol. The van der Waals surface area contributed by atoms with E-state index in [-0.39, 0.29) is 11.8 Å². The van der Waals surface area contributed by atoms with Crippen LogP contribution in [0.25, 0.3) is 0 Å². The normalized spacial score (nSPS) is 15.8. The van der Waals surface area contributed by atoms with E-state index in [1.54, 1.807) is 18.2 Å². The molecule has 1 aliphatic heterocycles. The molecule has 2 rings (SSSR count). The number of rotatable bonds is 5. The van der Waals surface area contributed by atoms with Crippen LogP contribution in [-0.2, 0) is 11.2 Å². The Morgan fingerprint density at radius 2 is 2.00 bits per heavy atom. The maximum atomic E-state index is 13.4. The second kappa shape index (κ2) is 7.85. The minimum atomic E-state index is -0.225. The van der Waals surface area contributed by atoms with Crippen molar-refractivity contribution in [3.63, 3.8) is 0 Å². The Morgan fingerprint density at radius 1 is 1.25 bits per heavy atom. The van der Waals surface area contributed by atoms with Gasteiger partial charge in [-0.05, 0) is 36.8 Å². The second-order valence-corrected chi connectivity index (χ2v) is 5.03. The third kappa shape index (κ3) is 4.81. The Bertz CT molecular complexity index is 434. The number of carbonyl (C=O) groups excluding carboxylic acids is 1. The van der Waals surface area contributed by atoms with Gasteiger partial charge in [0.2, 0.25) is 0 Å². The van der Waals surface area contributed by atoms with Crippen LogP contribution in [0.3, 0.4) is 0 Å². The van der Waals surface area contributed by atoms with E-state index < -0.39 is 0 Å². The molecule has 0 bridgehead atoms. The number of hydrogen-bond donors (Lipinski definition) is 2. The van der Waals surface area contributed by atoms with Crippen LogP contribution in [0.5, 0.6) is 0 Å². The number of carbonyl (C=O) groups is 1. The molecule has 0 aromatic heterocycles. The molecule has 1 heterocycles. The summed E-state index contributed by atoms with van der Waals surface area (Å²) in [7, 11) is 0. The van der Waals surface area contributed by atoms with Gasteiger partial charge in [0.05, 0.1) is 0 Å². The molecule has 0 unspecified atom stereocenters. The van der Waals surface area contributed by atoms with E-state index in [0.717, 1.165) is 26.1 Å². The summed E-state index contributed by atoms with van der Waals surface area (Å²) in [4.78, 5) is 11.6. The van der Waals surface area contributed by atoms with Gasteiger partial charge < -0.3 is 15.4 Å². The van der Waals surface area contributed by atoms with Crippen LogP contribution in [0.1, 0.15) is 18.4 Å². The van der Waals surface area contributed by atoms with Gasteiger partial charge in [-0.3, -0.25) is 0 Å². The maximum absolute atomic E-state index is 13.4. The molecule has 4 nitrogen and oxygen atoms in total. The number of urea groups is 1. The van der Waals surface area contributed by atoms with Crippen LogP contribution in [0, 0.1) is 11.7 Å². The minimum absolute atomic E-state index is 0.187. The van der Waals surface area contributed by atoms with Crippen molar-refractivity contribution in [3.05, 3.63) is 35.6 Å². The number of benzene rings is 1. The Labute approximate surface area is 118 Å². The molecule has 2 N–H and O–H groups in total. The van der Waals surface area contributed by atoms with E-state index >= 15 is 0 Å². The van der Waals surface area contributed by atoms with Crippen LogP contribution in [0.4, 0.5) is 9.18 Å². The summed E-state index contributed by atoms with van der Waals surface area (Å²) in [6.07, 6.45) is 2.49. The molecule has 20 heavy (non-hydrogen) atoms. The molecule has 0 atom stereocenters. The largest absolute Gasteiger partial charge is 0.381 e. The van der Waals surface area contributed by atoms with Crippen molar-refractivity contribution in [1.82, 2.24) is 10.6 Å². The quantitative estimate of drug-likeness (QED) is 0.867. The maximum Gasteiger partial charge on any atom is 0.314 e. The number of ether oxygens (including phenoxy) is 1. The van der Waals surface area contributed by atoms with Crippen molar-refractivity contribution < 1.29 is 13.9 Å². The summed E-state index contributed by atoms with van der Waals surface area (Å²) in [5.74, 6) is 0.276.